The minimum Gasteiger partial charge on any atom is -0.391 e. The van der Waals surface area contributed by atoms with Crippen molar-refractivity contribution in [1.82, 2.24) is 0 Å². The largest absolute Gasteiger partial charge is 0.391 e. The molecule has 1 rings (SSSR count). The first-order valence-corrected chi connectivity index (χ1v) is 10.6. The lowest BCUT2D eigenvalue weighted by molar-refractivity contribution is 0.0233. The molecule has 1 aromatic carbocycles. The highest BCUT2D eigenvalue weighted by Gasteiger charge is 2.04. The second-order valence-corrected chi connectivity index (χ2v) is 7.33. The molecule has 1 atom stereocenters. The van der Waals surface area contributed by atoms with Gasteiger partial charge in [0.15, 0.2) is 0 Å². The summed E-state index contributed by atoms with van der Waals surface area (Å²) in [6.07, 6.45) is 16.8. The van der Waals surface area contributed by atoms with E-state index in [0.717, 1.165) is 12.8 Å². The van der Waals surface area contributed by atoms with Crippen LogP contribution in [0.1, 0.15) is 96.0 Å². The Labute approximate surface area is 156 Å². The van der Waals surface area contributed by atoms with Gasteiger partial charge in [0.1, 0.15) is 0 Å². The van der Waals surface area contributed by atoms with Gasteiger partial charge in [0.2, 0.25) is 0 Å². The topological polar surface area (TPSA) is 29.5 Å². The Morgan fingerprint density at radius 2 is 1.28 bits per heavy atom. The van der Waals surface area contributed by atoms with Crippen LogP contribution >= 0.6 is 0 Å². The Bertz CT molecular complexity index is 377. The van der Waals surface area contributed by atoms with E-state index in [9.17, 15) is 5.11 Å². The van der Waals surface area contributed by atoms with Gasteiger partial charge < -0.3 is 9.84 Å². The quantitative estimate of drug-likeness (QED) is 0.319. The number of ether oxygens (including phenoxy) is 1. The molecule has 25 heavy (non-hydrogen) atoms. The van der Waals surface area contributed by atoms with Gasteiger partial charge in [0, 0.05) is 0 Å². The normalized spacial score (nSPS) is 12.4. The number of hydrogen-bond donors (Lipinski definition) is 1. The first kappa shape index (κ1) is 22.2. The maximum atomic E-state index is 9.96. The van der Waals surface area contributed by atoms with Gasteiger partial charge in [0.25, 0.3) is 0 Å². The highest BCUT2D eigenvalue weighted by molar-refractivity contribution is 5.13. The Hall–Kier alpha value is -0.860. The molecule has 0 aliphatic rings. The van der Waals surface area contributed by atoms with Crippen molar-refractivity contribution in [2.45, 2.75) is 103 Å². The summed E-state index contributed by atoms with van der Waals surface area (Å²) < 4.78 is 5.59. The van der Waals surface area contributed by atoms with Crippen molar-refractivity contribution in [3.05, 3.63) is 35.9 Å². The monoisotopic (exact) mass is 348 g/mol. The SMILES string of the molecule is CCCCCCCCCCCCCCC(O)COCc1ccccc1. The molecule has 0 heterocycles. The van der Waals surface area contributed by atoms with Gasteiger partial charge >= 0.3 is 0 Å². The van der Waals surface area contributed by atoms with E-state index in [4.69, 9.17) is 4.74 Å². The molecule has 0 aromatic heterocycles. The average Bonchev–Trinajstić information content (AvgIpc) is 2.63. The lowest BCUT2D eigenvalue weighted by Crippen LogP contribution is -2.15. The van der Waals surface area contributed by atoms with Gasteiger partial charge in [-0.25, -0.2) is 0 Å². The van der Waals surface area contributed by atoms with E-state index in [1.807, 2.05) is 18.2 Å². The zero-order valence-electron chi connectivity index (χ0n) is 16.4. The summed E-state index contributed by atoms with van der Waals surface area (Å²) in [5, 5.41) is 9.96. The summed E-state index contributed by atoms with van der Waals surface area (Å²) in [7, 11) is 0. The van der Waals surface area contributed by atoms with Crippen LogP contribution in [-0.2, 0) is 11.3 Å². The molecular weight excluding hydrogens is 308 g/mol. The van der Waals surface area contributed by atoms with E-state index in [2.05, 4.69) is 19.1 Å². The summed E-state index contributed by atoms with van der Waals surface area (Å²) >= 11 is 0. The predicted molar refractivity (Wildman–Crippen MR) is 108 cm³/mol. The minimum absolute atomic E-state index is 0.313. The van der Waals surface area contributed by atoms with Crippen LogP contribution in [0, 0.1) is 0 Å². The fourth-order valence-electron chi connectivity index (χ4n) is 3.19. The summed E-state index contributed by atoms with van der Waals surface area (Å²) in [6, 6.07) is 10.1. The van der Waals surface area contributed by atoms with Crippen molar-refractivity contribution in [2.24, 2.45) is 0 Å². The molecule has 0 spiro atoms. The van der Waals surface area contributed by atoms with E-state index in [0.29, 0.717) is 13.2 Å². The van der Waals surface area contributed by atoms with E-state index in [1.54, 1.807) is 0 Å². The van der Waals surface area contributed by atoms with Crippen LogP contribution in [0.3, 0.4) is 0 Å². The Morgan fingerprint density at radius 3 is 1.84 bits per heavy atom. The third kappa shape index (κ3) is 14.0. The lowest BCUT2D eigenvalue weighted by atomic mass is 10.0. The molecule has 0 fully saturated rings. The molecular formula is C23H40O2. The summed E-state index contributed by atoms with van der Waals surface area (Å²) in [5.41, 5.74) is 1.17. The van der Waals surface area contributed by atoms with E-state index >= 15 is 0 Å². The molecule has 0 saturated carbocycles. The van der Waals surface area contributed by atoms with E-state index in [-0.39, 0.29) is 6.10 Å². The fraction of sp³-hybridized carbons (Fsp3) is 0.739. The minimum atomic E-state index is -0.313. The third-order valence-corrected chi connectivity index (χ3v) is 4.81. The molecule has 144 valence electrons. The van der Waals surface area contributed by atoms with Crippen LogP contribution in [0.5, 0.6) is 0 Å². The Kier molecular flexibility index (Phi) is 14.7. The first-order valence-electron chi connectivity index (χ1n) is 10.6. The molecule has 1 aromatic rings. The summed E-state index contributed by atoms with van der Waals surface area (Å²) in [5.74, 6) is 0. The highest BCUT2D eigenvalue weighted by atomic mass is 16.5. The average molecular weight is 349 g/mol. The van der Waals surface area contributed by atoms with Crippen LogP contribution in [0.4, 0.5) is 0 Å². The van der Waals surface area contributed by atoms with Crippen LogP contribution < -0.4 is 0 Å². The maximum Gasteiger partial charge on any atom is 0.0773 e. The molecule has 0 aliphatic heterocycles. The predicted octanol–water partition coefficient (Wildman–Crippen LogP) is 6.66. The molecule has 1 unspecified atom stereocenters. The van der Waals surface area contributed by atoms with Crippen LogP contribution in [-0.4, -0.2) is 17.8 Å². The maximum absolute atomic E-state index is 9.96. The van der Waals surface area contributed by atoms with Crippen molar-refractivity contribution in [2.75, 3.05) is 6.61 Å². The molecule has 0 amide bonds. The smallest absolute Gasteiger partial charge is 0.0773 e. The second kappa shape index (κ2) is 16.6. The number of rotatable bonds is 17. The molecule has 0 saturated heterocycles. The van der Waals surface area contributed by atoms with E-state index < -0.39 is 0 Å². The number of unbranched alkanes of at least 4 members (excludes halogenated alkanes) is 11. The van der Waals surface area contributed by atoms with Gasteiger partial charge in [-0.3, -0.25) is 0 Å². The van der Waals surface area contributed by atoms with Crippen molar-refractivity contribution < 1.29 is 9.84 Å². The molecule has 2 nitrogen and oxygen atoms in total. The number of benzene rings is 1. The van der Waals surface area contributed by atoms with Gasteiger partial charge in [0.05, 0.1) is 19.3 Å². The first-order chi connectivity index (χ1) is 12.3. The number of aliphatic hydroxyl groups is 1. The zero-order chi connectivity index (χ0) is 18.0. The second-order valence-electron chi connectivity index (χ2n) is 7.33. The zero-order valence-corrected chi connectivity index (χ0v) is 16.4. The van der Waals surface area contributed by atoms with Gasteiger partial charge in [-0.05, 0) is 12.0 Å². The number of hydrogen-bond acceptors (Lipinski definition) is 2. The summed E-state index contributed by atoms with van der Waals surface area (Å²) in [6.45, 7) is 3.32. The fourth-order valence-corrected chi connectivity index (χ4v) is 3.19. The molecule has 0 aliphatic carbocycles. The standard InChI is InChI=1S/C23H40O2/c1-2-3-4-5-6-7-8-9-10-11-12-16-19-23(24)21-25-20-22-17-14-13-15-18-22/h13-15,17-18,23-24H,2-12,16,19-21H2,1H3. The molecule has 0 bridgehead atoms. The Morgan fingerprint density at radius 1 is 0.760 bits per heavy atom. The van der Waals surface area contributed by atoms with E-state index in [1.165, 1.54) is 76.2 Å². The molecule has 1 N–H and O–H groups in total. The van der Waals surface area contributed by atoms with Crippen LogP contribution in [0.2, 0.25) is 0 Å². The van der Waals surface area contributed by atoms with Crippen molar-refractivity contribution in [1.29, 1.82) is 0 Å². The van der Waals surface area contributed by atoms with Gasteiger partial charge in [-0.1, -0.05) is 114 Å². The number of aliphatic hydroxyl groups excluding tert-OH is 1. The van der Waals surface area contributed by atoms with Crippen molar-refractivity contribution >= 4 is 0 Å². The van der Waals surface area contributed by atoms with Crippen molar-refractivity contribution in [3.8, 4) is 0 Å². The van der Waals surface area contributed by atoms with Gasteiger partial charge in [-0.2, -0.15) is 0 Å². The lowest BCUT2D eigenvalue weighted by Gasteiger charge is -2.11. The van der Waals surface area contributed by atoms with Crippen LogP contribution in [0.15, 0.2) is 30.3 Å². The third-order valence-electron chi connectivity index (χ3n) is 4.81. The van der Waals surface area contributed by atoms with Gasteiger partial charge in [-0.15, -0.1) is 0 Å². The summed E-state index contributed by atoms with van der Waals surface area (Å²) in [4.78, 5) is 0. The van der Waals surface area contributed by atoms with Crippen LogP contribution in [0.25, 0.3) is 0 Å². The molecule has 0 radical (unpaired) electrons. The highest BCUT2D eigenvalue weighted by Crippen LogP contribution is 2.13. The molecule has 2 heteroatoms. The van der Waals surface area contributed by atoms with Crippen molar-refractivity contribution in [3.63, 3.8) is 0 Å². The Balaban J connectivity index is 1.80.